The van der Waals surface area contributed by atoms with Crippen molar-refractivity contribution in [2.45, 2.75) is 17.0 Å². The number of benzene rings is 1. The third-order valence-electron chi connectivity index (χ3n) is 2.81. The Bertz CT molecular complexity index is 599. The number of fused-ring (bicyclic) bond motifs is 1. The van der Waals surface area contributed by atoms with Crippen LogP contribution in [0.3, 0.4) is 0 Å². The summed E-state index contributed by atoms with van der Waals surface area (Å²) >= 11 is 13.7. The van der Waals surface area contributed by atoms with Gasteiger partial charge in [-0.2, -0.15) is 0 Å². The second-order valence-corrected chi connectivity index (χ2v) is 6.13. The number of hydrogen-bond donors (Lipinski definition) is 1. The topological polar surface area (TPSA) is 56.7 Å². The van der Waals surface area contributed by atoms with Gasteiger partial charge in [0, 0.05) is 28.9 Å². The van der Waals surface area contributed by atoms with E-state index in [1.807, 2.05) is 6.07 Å². The normalized spacial score (nSPS) is 18.1. The van der Waals surface area contributed by atoms with Gasteiger partial charge in [-0.3, -0.25) is 0 Å². The van der Waals surface area contributed by atoms with Crippen molar-refractivity contribution < 1.29 is 0 Å². The fourth-order valence-corrected chi connectivity index (χ4v) is 3.41. The molecule has 1 unspecified atom stereocenters. The molecule has 0 fully saturated rings. The van der Waals surface area contributed by atoms with Gasteiger partial charge in [0.1, 0.15) is 0 Å². The number of thioether (sulfide) groups is 1. The summed E-state index contributed by atoms with van der Waals surface area (Å²) in [7, 11) is 0. The van der Waals surface area contributed by atoms with E-state index >= 15 is 0 Å². The van der Waals surface area contributed by atoms with Crippen LogP contribution < -0.4 is 5.73 Å². The Morgan fingerprint density at radius 1 is 1.39 bits per heavy atom. The first-order chi connectivity index (χ1) is 8.69. The summed E-state index contributed by atoms with van der Waals surface area (Å²) in [5.74, 6) is 0.773. The van der Waals surface area contributed by atoms with Crippen LogP contribution in [0.4, 0.5) is 0 Å². The van der Waals surface area contributed by atoms with Crippen LogP contribution in [0, 0.1) is 0 Å². The van der Waals surface area contributed by atoms with Gasteiger partial charge in [0.05, 0.1) is 5.02 Å². The quantitative estimate of drug-likeness (QED) is 0.926. The van der Waals surface area contributed by atoms with Gasteiger partial charge in [-0.1, -0.05) is 35.0 Å². The molecule has 1 aromatic heterocycles. The molecule has 0 radical (unpaired) electrons. The van der Waals surface area contributed by atoms with E-state index in [9.17, 15) is 0 Å². The highest BCUT2D eigenvalue weighted by molar-refractivity contribution is 8.00. The van der Waals surface area contributed by atoms with Crippen molar-refractivity contribution in [2.24, 2.45) is 5.73 Å². The molecule has 0 saturated heterocycles. The zero-order valence-corrected chi connectivity index (χ0v) is 11.6. The molecule has 0 spiro atoms. The van der Waals surface area contributed by atoms with Crippen molar-refractivity contribution in [1.82, 2.24) is 14.8 Å². The summed E-state index contributed by atoms with van der Waals surface area (Å²) in [4.78, 5) is 0. The molecule has 0 bridgehead atoms. The molecule has 0 aliphatic carbocycles. The van der Waals surface area contributed by atoms with Crippen LogP contribution in [0.1, 0.15) is 0 Å². The highest BCUT2D eigenvalue weighted by Gasteiger charge is 2.27. The van der Waals surface area contributed by atoms with Gasteiger partial charge in [-0.25, -0.2) is 0 Å². The van der Waals surface area contributed by atoms with Crippen molar-refractivity contribution in [2.75, 3.05) is 6.54 Å². The Morgan fingerprint density at radius 2 is 2.22 bits per heavy atom. The molecule has 2 aromatic rings. The Labute approximate surface area is 118 Å². The third kappa shape index (κ3) is 2.01. The van der Waals surface area contributed by atoms with E-state index in [0.717, 1.165) is 23.1 Å². The molecule has 1 aliphatic heterocycles. The fourth-order valence-electron chi connectivity index (χ4n) is 1.92. The summed E-state index contributed by atoms with van der Waals surface area (Å²) in [6.45, 7) is 1.44. The molecule has 3 rings (SSSR count). The fraction of sp³-hybridized carbons (Fsp3) is 0.273. The molecule has 0 amide bonds. The monoisotopic (exact) mass is 300 g/mol. The lowest BCUT2D eigenvalue weighted by atomic mass is 10.2. The lowest BCUT2D eigenvalue weighted by Gasteiger charge is -2.07. The zero-order valence-electron chi connectivity index (χ0n) is 9.31. The minimum Gasteiger partial charge on any atom is -0.329 e. The molecule has 4 nitrogen and oxygen atoms in total. The summed E-state index contributed by atoms with van der Waals surface area (Å²) in [6.07, 6.45) is 0. The molecule has 2 N–H and O–H groups in total. The molecule has 1 atom stereocenters. The standard InChI is InChI=1S/C11H10Cl2N4S/c12-6-1-2-8(9(13)3-6)10-15-16-11-17(10)5-7(4-14)18-11/h1-3,7H,4-5,14H2. The van der Waals surface area contributed by atoms with E-state index < -0.39 is 0 Å². The lowest BCUT2D eigenvalue weighted by Crippen LogP contribution is -2.18. The van der Waals surface area contributed by atoms with Crippen molar-refractivity contribution >= 4 is 35.0 Å². The summed E-state index contributed by atoms with van der Waals surface area (Å²) < 4.78 is 2.05. The van der Waals surface area contributed by atoms with Gasteiger partial charge in [-0.05, 0) is 18.2 Å². The average molecular weight is 301 g/mol. The molecular formula is C11H10Cl2N4S. The van der Waals surface area contributed by atoms with Gasteiger partial charge in [0.15, 0.2) is 11.0 Å². The van der Waals surface area contributed by atoms with Crippen molar-refractivity contribution in [3.8, 4) is 11.4 Å². The van der Waals surface area contributed by atoms with E-state index in [2.05, 4.69) is 14.8 Å². The molecule has 0 saturated carbocycles. The number of aromatic nitrogens is 3. The predicted molar refractivity (Wildman–Crippen MR) is 74.2 cm³/mol. The first-order valence-corrected chi connectivity index (χ1v) is 7.08. The molecule has 1 aliphatic rings. The van der Waals surface area contributed by atoms with E-state index in [1.165, 1.54) is 0 Å². The van der Waals surface area contributed by atoms with E-state index in [1.54, 1.807) is 23.9 Å². The molecular weight excluding hydrogens is 291 g/mol. The summed E-state index contributed by atoms with van der Waals surface area (Å²) in [5, 5.41) is 10.8. The number of nitrogens with zero attached hydrogens (tertiary/aromatic N) is 3. The Kier molecular flexibility index (Phi) is 3.23. The first kappa shape index (κ1) is 12.3. The Morgan fingerprint density at radius 3 is 2.94 bits per heavy atom. The number of hydrogen-bond acceptors (Lipinski definition) is 4. The van der Waals surface area contributed by atoms with Crippen LogP contribution in [0.5, 0.6) is 0 Å². The highest BCUT2D eigenvalue weighted by atomic mass is 35.5. The van der Waals surface area contributed by atoms with Crippen molar-refractivity contribution in [3.05, 3.63) is 28.2 Å². The maximum atomic E-state index is 6.20. The number of rotatable bonds is 2. The Balaban J connectivity index is 2.04. The van der Waals surface area contributed by atoms with E-state index in [-0.39, 0.29) is 0 Å². The largest absolute Gasteiger partial charge is 0.329 e. The molecule has 2 heterocycles. The minimum atomic E-state index is 0.361. The van der Waals surface area contributed by atoms with Gasteiger partial charge < -0.3 is 10.3 Å². The van der Waals surface area contributed by atoms with Crippen LogP contribution in [-0.2, 0) is 6.54 Å². The molecule has 1 aromatic carbocycles. The van der Waals surface area contributed by atoms with Crippen molar-refractivity contribution in [3.63, 3.8) is 0 Å². The second kappa shape index (κ2) is 4.74. The van der Waals surface area contributed by atoms with Crippen LogP contribution in [0.15, 0.2) is 23.4 Å². The van der Waals surface area contributed by atoms with Gasteiger partial charge >= 0.3 is 0 Å². The summed E-state index contributed by atoms with van der Waals surface area (Å²) in [5.41, 5.74) is 6.53. The third-order valence-corrected chi connectivity index (χ3v) is 4.55. The second-order valence-electron chi connectivity index (χ2n) is 4.02. The minimum absolute atomic E-state index is 0.361. The molecule has 7 heteroatoms. The average Bonchev–Trinajstić information content (AvgIpc) is 2.89. The van der Waals surface area contributed by atoms with Crippen LogP contribution >= 0.6 is 35.0 Å². The number of halogens is 2. The summed E-state index contributed by atoms with van der Waals surface area (Å²) in [6, 6.07) is 5.37. The smallest absolute Gasteiger partial charge is 0.191 e. The molecule has 94 valence electrons. The van der Waals surface area contributed by atoms with Crippen LogP contribution in [0.2, 0.25) is 10.0 Å². The highest BCUT2D eigenvalue weighted by Crippen LogP contribution is 2.36. The van der Waals surface area contributed by atoms with Gasteiger partial charge in [0.2, 0.25) is 0 Å². The zero-order chi connectivity index (χ0) is 12.7. The van der Waals surface area contributed by atoms with Gasteiger partial charge in [0.25, 0.3) is 0 Å². The van der Waals surface area contributed by atoms with Crippen LogP contribution in [-0.4, -0.2) is 26.6 Å². The SMILES string of the molecule is NCC1Cn2c(nnc2-c2ccc(Cl)cc2Cl)S1. The van der Waals surface area contributed by atoms with E-state index in [0.29, 0.717) is 21.8 Å². The maximum absolute atomic E-state index is 6.20. The van der Waals surface area contributed by atoms with Crippen molar-refractivity contribution in [1.29, 1.82) is 0 Å². The number of nitrogens with two attached hydrogens (primary N) is 1. The maximum Gasteiger partial charge on any atom is 0.191 e. The van der Waals surface area contributed by atoms with Gasteiger partial charge in [-0.15, -0.1) is 10.2 Å². The van der Waals surface area contributed by atoms with Crippen LogP contribution in [0.25, 0.3) is 11.4 Å². The molecule has 18 heavy (non-hydrogen) atoms. The lowest BCUT2D eigenvalue weighted by molar-refractivity contribution is 0.655. The Hall–Kier alpha value is -0.750. The van der Waals surface area contributed by atoms with E-state index in [4.69, 9.17) is 28.9 Å². The first-order valence-electron chi connectivity index (χ1n) is 5.44. The predicted octanol–water partition coefficient (Wildman–Crippen LogP) is 2.68.